The van der Waals surface area contributed by atoms with Crippen LogP contribution < -0.4 is 5.32 Å². The first kappa shape index (κ1) is 9.00. The highest BCUT2D eigenvalue weighted by Gasteiger charge is 2.36. The van der Waals surface area contributed by atoms with Crippen molar-refractivity contribution >= 4 is 17.3 Å². The molecule has 1 aliphatic heterocycles. The van der Waals surface area contributed by atoms with Crippen molar-refractivity contribution in [2.45, 2.75) is 45.2 Å². The van der Waals surface area contributed by atoms with Gasteiger partial charge in [0.1, 0.15) is 0 Å². The molecule has 0 aromatic carbocycles. The maximum Gasteiger partial charge on any atom is 0.174 e. The van der Waals surface area contributed by atoms with E-state index in [2.05, 4.69) is 37.1 Å². The van der Waals surface area contributed by atoms with E-state index in [1.807, 2.05) is 0 Å². The molecule has 0 unspecified atom stereocenters. The van der Waals surface area contributed by atoms with E-state index in [0.29, 0.717) is 6.04 Å². The Morgan fingerprint density at radius 1 is 1.54 bits per heavy atom. The monoisotopic (exact) mass is 196 g/mol. The van der Waals surface area contributed by atoms with Crippen LogP contribution >= 0.6 is 12.2 Å². The van der Waals surface area contributed by atoms with Gasteiger partial charge in [0.25, 0.3) is 0 Å². The van der Waals surface area contributed by atoms with Gasteiger partial charge >= 0.3 is 0 Å². The summed E-state index contributed by atoms with van der Waals surface area (Å²) in [6.45, 7) is 6.44. The molecule has 1 fully saturated rings. The highest BCUT2D eigenvalue weighted by atomic mass is 32.1. The number of thiocarbonyl (C=S) groups is 1. The number of rotatable bonds is 1. The van der Waals surface area contributed by atoms with Crippen LogP contribution in [0, 0.1) is 0 Å². The molecule has 2 rings (SSSR count). The Hall–Kier alpha value is -0.570. The molecule has 13 heavy (non-hydrogen) atoms. The maximum absolute atomic E-state index is 5.34. The van der Waals surface area contributed by atoms with Gasteiger partial charge in [0, 0.05) is 11.7 Å². The number of nitrogens with zero attached hydrogens (tertiary/aromatic N) is 1. The van der Waals surface area contributed by atoms with Crippen LogP contribution in [0.3, 0.4) is 0 Å². The Balaban J connectivity index is 2.25. The van der Waals surface area contributed by atoms with Crippen molar-refractivity contribution in [3.8, 4) is 0 Å². The largest absolute Gasteiger partial charge is 0.354 e. The Morgan fingerprint density at radius 3 is 2.62 bits per heavy atom. The second-order valence-electron chi connectivity index (χ2n) is 4.54. The van der Waals surface area contributed by atoms with Crippen LogP contribution in [0.5, 0.6) is 0 Å². The first-order valence-corrected chi connectivity index (χ1v) is 5.21. The number of allylic oxidation sites excluding steroid dienone is 1. The Morgan fingerprint density at radius 2 is 2.15 bits per heavy atom. The van der Waals surface area contributed by atoms with Gasteiger partial charge in [-0.1, -0.05) is 0 Å². The molecule has 0 aromatic heterocycles. The van der Waals surface area contributed by atoms with E-state index < -0.39 is 0 Å². The molecule has 1 N–H and O–H groups in total. The predicted molar refractivity (Wildman–Crippen MR) is 58.4 cm³/mol. The van der Waals surface area contributed by atoms with Gasteiger partial charge in [-0.2, -0.15) is 0 Å². The minimum absolute atomic E-state index is 0.0204. The quantitative estimate of drug-likeness (QED) is 0.646. The number of hydrogen-bond acceptors (Lipinski definition) is 1. The van der Waals surface area contributed by atoms with Crippen LogP contribution in [0.4, 0.5) is 0 Å². The van der Waals surface area contributed by atoms with Gasteiger partial charge in [-0.15, -0.1) is 0 Å². The third-order valence-corrected chi connectivity index (χ3v) is 2.81. The molecule has 0 aromatic rings. The van der Waals surface area contributed by atoms with Gasteiger partial charge in [0.15, 0.2) is 5.11 Å². The molecular weight excluding hydrogens is 180 g/mol. The molecule has 2 aliphatic rings. The first-order valence-electron chi connectivity index (χ1n) is 4.80. The average Bonchev–Trinajstić information content (AvgIpc) is 2.65. The molecule has 0 atom stereocenters. The highest BCUT2D eigenvalue weighted by Crippen LogP contribution is 2.32. The molecule has 0 amide bonds. The van der Waals surface area contributed by atoms with Gasteiger partial charge < -0.3 is 10.2 Å². The number of hydrogen-bond donors (Lipinski definition) is 1. The van der Waals surface area contributed by atoms with E-state index in [0.717, 1.165) is 5.11 Å². The Kier molecular flexibility index (Phi) is 1.88. The van der Waals surface area contributed by atoms with Crippen LogP contribution in [-0.4, -0.2) is 21.6 Å². The van der Waals surface area contributed by atoms with Crippen molar-refractivity contribution < 1.29 is 0 Å². The lowest BCUT2D eigenvalue weighted by molar-refractivity contribution is 0.420. The molecule has 0 saturated heterocycles. The van der Waals surface area contributed by atoms with Crippen molar-refractivity contribution in [3.63, 3.8) is 0 Å². The number of nitrogens with one attached hydrogen (secondary N) is 1. The smallest absolute Gasteiger partial charge is 0.174 e. The van der Waals surface area contributed by atoms with Crippen LogP contribution in [0.1, 0.15) is 33.6 Å². The summed E-state index contributed by atoms with van der Waals surface area (Å²) in [5, 5.41) is 4.23. The van der Waals surface area contributed by atoms with Crippen LogP contribution in [0.15, 0.2) is 11.8 Å². The van der Waals surface area contributed by atoms with Crippen molar-refractivity contribution in [1.82, 2.24) is 10.2 Å². The summed E-state index contributed by atoms with van der Waals surface area (Å²) in [5.41, 5.74) is 1.32. The summed E-state index contributed by atoms with van der Waals surface area (Å²) in [6, 6.07) is 0.673. The van der Waals surface area contributed by atoms with Crippen molar-refractivity contribution in [3.05, 3.63) is 11.8 Å². The first-order chi connectivity index (χ1) is 5.99. The van der Waals surface area contributed by atoms with Gasteiger partial charge in [-0.3, -0.25) is 0 Å². The van der Waals surface area contributed by atoms with Gasteiger partial charge in [-0.25, -0.2) is 0 Å². The van der Waals surface area contributed by atoms with E-state index in [9.17, 15) is 0 Å². The zero-order valence-electron chi connectivity index (χ0n) is 8.42. The summed E-state index contributed by atoms with van der Waals surface area (Å²) >= 11 is 5.34. The zero-order valence-corrected chi connectivity index (χ0v) is 9.24. The van der Waals surface area contributed by atoms with E-state index in [1.165, 1.54) is 18.5 Å². The highest BCUT2D eigenvalue weighted by molar-refractivity contribution is 7.80. The SMILES string of the molecule is CC1=CC(C)(C)NC(=S)N1C1CC1. The second kappa shape index (κ2) is 2.71. The normalized spacial score (nSPS) is 26.8. The lowest BCUT2D eigenvalue weighted by atomic mass is 10.0. The van der Waals surface area contributed by atoms with Gasteiger partial charge in [0.2, 0.25) is 0 Å². The van der Waals surface area contributed by atoms with Gasteiger partial charge in [-0.05, 0) is 51.9 Å². The van der Waals surface area contributed by atoms with Crippen molar-refractivity contribution in [2.75, 3.05) is 0 Å². The van der Waals surface area contributed by atoms with E-state index in [1.54, 1.807) is 0 Å². The van der Waals surface area contributed by atoms with Crippen LogP contribution in [-0.2, 0) is 0 Å². The molecule has 0 radical (unpaired) electrons. The predicted octanol–water partition coefficient (Wildman–Crippen LogP) is 2.02. The fraction of sp³-hybridized carbons (Fsp3) is 0.700. The van der Waals surface area contributed by atoms with E-state index >= 15 is 0 Å². The minimum atomic E-state index is 0.0204. The summed E-state index contributed by atoms with van der Waals surface area (Å²) in [6.07, 6.45) is 4.82. The third kappa shape index (κ3) is 1.70. The molecular formula is C10H16N2S. The lowest BCUT2D eigenvalue weighted by Crippen LogP contribution is -2.53. The molecule has 3 heteroatoms. The van der Waals surface area contributed by atoms with Crippen molar-refractivity contribution in [2.24, 2.45) is 0 Å². The standard InChI is InChI=1S/C10H16N2S/c1-7-6-10(2,3)11-9(13)12(7)8-4-5-8/h6,8H,4-5H2,1-3H3,(H,11,13). The summed E-state index contributed by atoms with van der Waals surface area (Å²) in [5.74, 6) is 0. The van der Waals surface area contributed by atoms with Crippen LogP contribution in [0.2, 0.25) is 0 Å². The fourth-order valence-electron chi connectivity index (χ4n) is 1.91. The zero-order chi connectivity index (χ0) is 9.64. The maximum atomic E-state index is 5.34. The molecule has 1 saturated carbocycles. The van der Waals surface area contributed by atoms with E-state index in [-0.39, 0.29) is 5.54 Å². The fourth-order valence-corrected chi connectivity index (χ4v) is 2.47. The minimum Gasteiger partial charge on any atom is -0.354 e. The molecule has 72 valence electrons. The van der Waals surface area contributed by atoms with Crippen LogP contribution in [0.25, 0.3) is 0 Å². The Labute approximate surface area is 85.0 Å². The van der Waals surface area contributed by atoms with E-state index in [4.69, 9.17) is 12.2 Å². The van der Waals surface area contributed by atoms with Gasteiger partial charge in [0.05, 0.1) is 5.54 Å². The topological polar surface area (TPSA) is 15.3 Å². The molecule has 1 heterocycles. The Bertz CT molecular complexity index is 277. The second-order valence-corrected chi connectivity index (χ2v) is 4.93. The summed E-state index contributed by atoms with van der Waals surface area (Å²) in [4.78, 5) is 2.25. The molecule has 1 aliphatic carbocycles. The molecule has 0 bridgehead atoms. The van der Waals surface area contributed by atoms with Crippen molar-refractivity contribution in [1.29, 1.82) is 0 Å². The third-order valence-electron chi connectivity index (χ3n) is 2.51. The molecule has 2 nitrogen and oxygen atoms in total. The summed E-state index contributed by atoms with van der Waals surface area (Å²) in [7, 11) is 0. The lowest BCUT2D eigenvalue weighted by Gasteiger charge is -2.38. The average molecular weight is 196 g/mol. The molecule has 0 spiro atoms. The summed E-state index contributed by atoms with van der Waals surface area (Å²) < 4.78 is 0.